The molecule has 4 heterocycles. The molecule has 2 fully saturated rings. The fourth-order valence-corrected chi connectivity index (χ4v) is 4.71. The maximum Gasteiger partial charge on any atom is 0.338 e. The van der Waals surface area contributed by atoms with Crippen molar-refractivity contribution in [2.75, 3.05) is 19.7 Å². The van der Waals surface area contributed by atoms with Gasteiger partial charge in [-0.1, -0.05) is 12.8 Å². The van der Waals surface area contributed by atoms with Crippen molar-refractivity contribution >= 4 is 33.4 Å². The second kappa shape index (κ2) is 5.89. The van der Waals surface area contributed by atoms with E-state index in [0.29, 0.717) is 24.3 Å². The van der Waals surface area contributed by atoms with Crippen molar-refractivity contribution in [1.29, 1.82) is 0 Å². The quantitative estimate of drug-likeness (QED) is 0.874. The predicted octanol–water partition coefficient (Wildman–Crippen LogP) is 3.10. The molecule has 24 heavy (non-hydrogen) atoms. The molecule has 2 aromatic rings. The normalized spacial score (nSPS) is 24.6. The van der Waals surface area contributed by atoms with E-state index in [0.717, 1.165) is 37.0 Å². The molecule has 6 nitrogen and oxygen atoms in total. The molecule has 2 saturated heterocycles. The molecule has 2 aliphatic heterocycles. The van der Waals surface area contributed by atoms with Gasteiger partial charge in [-0.2, -0.15) is 0 Å². The van der Waals surface area contributed by atoms with Gasteiger partial charge in [0.05, 0.1) is 27.9 Å². The van der Waals surface area contributed by atoms with Crippen LogP contribution in [-0.4, -0.2) is 52.2 Å². The smallest absolute Gasteiger partial charge is 0.338 e. The fraction of sp³-hybridized carbons (Fsp3) is 0.529. The van der Waals surface area contributed by atoms with Crippen molar-refractivity contribution in [3.63, 3.8) is 0 Å². The highest BCUT2D eigenvalue weighted by molar-refractivity contribution is 7.17. The number of hydrogen-bond donors (Lipinski definition) is 2. The number of aromatic amines is 1. The van der Waals surface area contributed by atoms with Gasteiger partial charge in [0.15, 0.2) is 0 Å². The van der Waals surface area contributed by atoms with Gasteiger partial charge in [-0.05, 0) is 25.3 Å². The minimum Gasteiger partial charge on any atom is -0.478 e. The lowest BCUT2D eigenvalue weighted by Gasteiger charge is -2.27. The Morgan fingerprint density at radius 2 is 2.17 bits per heavy atom. The maximum atomic E-state index is 12.8. The molecule has 0 radical (unpaired) electrons. The van der Waals surface area contributed by atoms with Gasteiger partial charge in [0.2, 0.25) is 0 Å². The maximum absolute atomic E-state index is 12.8. The number of nitrogens with zero attached hydrogens (tertiary/aromatic N) is 1. The topological polar surface area (TPSA) is 82.6 Å². The Morgan fingerprint density at radius 1 is 1.29 bits per heavy atom. The fourth-order valence-electron chi connectivity index (χ4n) is 3.78. The number of aromatic nitrogens is 1. The third kappa shape index (κ3) is 2.61. The van der Waals surface area contributed by atoms with E-state index < -0.39 is 5.97 Å². The molecule has 1 amide bonds. The summed E-state index contributed by atoms with van der Waals surface area (Å²) in [6.45, 7) is 2.10. The molecule has 4 rings (SSSR count). The van der Waals surface area contributed by atoms with Gasteiger partial charge in [0.25, 0.3) is 5.91 Å². The van der Waals surface area contributed by atoms with E-state index in [4.69, 9.17) is 4.74 Å². The number of thiophene rings is 1. The highest BCUT2D eigenvalue weighted by atomic mass is 32.1. The van der Waals surface area contributed by atoms with Crippen LogP contribution in [0.1, 0.15) is 53.0 Å². The molecule has 128 valence electrons. The Labute approximate surface area is 143 Å². The van der Waals surface area contributed by atoms with Crippen LogP contribution >= 0.6 is 11.3 Å². The van der Waals surface area contributed by atoms with Crippen LogP contribution < -0.4 is 0 Å². The molecule has 1 atom stereocenters. The van der Waals surface area contributed by atoms with Gasteiger partial charge < -0.3 is 19.7 Å². The van der Waals surface area contributed by atoms with E-state index in [9.17, 15) is 14.7 Å². The molecule has 0 bridgehead atoms. The number of ether oxygens (including phenoxy) is 1. The van der Waals surface area contributed by atoms with E-state index in [-0.39, 0.29) is 17.1 Å². The minimum atomic E-state index is -0.978. The predicted molar refractivity (Wildman–Crippen MR) is 90.8 cm³/mol. The van der Waals surface area contributed by atoms with Gasteiger partial charge in [-0.15, -0.1) is 11.3 Å². The number of carbonyl (C=O) groups is 2. The first kappa shape index (κ1) is 15.7. The molecule has 0 aromatic carbocycles. The summed E-state index contributed by atoms with van der Waals surface area (Å²) in [6, 6.07) is 1.76. The van der Waals surface area contributed by atoms with E-state index in [1.807, 2.05) is 4.90 Å². The van der Waals surface area contributed by atoms with E-state index in [1.54, 1.807) is 11.4 Å². The summed E-state index contributed by atoms with van der Waals surface area (Å²) < 4.78 is 6.88. The lowest BCUT2D eigenvalue weighted by molar-refractivity contribution is -0.0327. The van der Waals surface area contributed by atoms with Gasteiger partial charge in [-0.25, -0.2) is 4.79 Å². The Balaban J connectivity index is 1.55. The van der Waals surface area contributed by atoms with Crippen molar-refractivity contribution in [2.24, 2.45) is 0 Å². The second-order valence-electron chi connectivity index (χ2n) is 6.70. The summed E-state index contributed by atoms with van der Waals surface area (Å²) in [4.78, 5) is 28.9. The average Bonchev–Trinajstić information content (AvgIpc) is 3.19. The minimum absolute atomic E-state index is 0.0699. The monoisotopic (exact) mass is 348 g/mol. The number of nitrogens with one attached hydrogen (secondary N) is 1. The number of hydrogen-bond acceptors (Lipinski definition) is 4. The van der Waals surface area contributed by atoms with Gasteiger partial charge in [-0.3, -0.25) is 4.79 Å². The first-order chi connectivity index (χ1) is 11.6. The van der Waals surface area contributed by atoms with Crippen molar-refractivity contribution in [3.05, 3.63) is 22.7 Å². The zero-order valence-electron chi connectivity index (χ0n) is 13.3. The van der Waals surface area contributed by atoms with Crippen LogP contribution in [0.2, 0.25) is 0 Å². The van der Waals surface area contributed by atoms with Crippen LogP contribution in [0, 0.1) is 0 Å². The number of H-pyrrole nitrogens is 1. The number of amides is 1. The molecule has 0 aliphatic carbocycles. The second-order valence-corrected chi connectivity index (χ2v) is 7.61. The van der Waals surface area contributed by atoms with Crippen LogP contribution in [0.4, 0.5) is 0 Å². The molecular formula is C17H20N2O4S. The summed E-state index contributed by atoms with van der Waals surface area (Å²) in [5.74, 6) is -1.05. The van der Waals surface area contributed by atoms with Gasteiger partial charge in [0, 0.05) is 18.5 Å². The van der Waals surface area contributed by atoms with Crippen LogP contribution in [0.3, 0.4) is 0 Å². The summed E-state index contributed by atoms with van der Waals surface area (Å²) in [5.41, 5.74) is 1.04. The van der Waals surface area contributed by atoms with Crippen LogP contribution in [-0.2, 0) is 4.74 Å². The SMILES string of the molecule is O=C(O)c1csc2cc(C(=O)N3CCC4(CCCCCO4)C3)[nH]c12. The molecule has 2 N–H and O–H groups in total. The molecule has 1 spiro atoms. The number of carbonyl (C=O) groups excluding carboxylic acids is 1. The van der Waals surface area contributed by atoms with Crippen LogP contribution in [0.15, 0.2) is 11.4 Å². The Kier molecular flexibility index (Phi) is 3.85. The zero-order chi connectivity index (χ0) is 16.7. The molecule has 1 unspecified atom stereocenters. The van der Waals surface area contributed by atoms with Gasteiger partial charge in [0.1, 0.15) is 5.69 Å². The van der Waals surface area contributed by atoms with Crippen LogP contribution in [0.25, 0.3) is 10.2 Å². The van der Waals surface area contributed by atoms with Crippen molar-refractivity contribution in [1.82, 2.24) is 9.88 Å². The first-order valence-corrected chi connectivity index (χ1v) is 9.23. The van der Waals surface area contributed by atoms with Crippen molar-refractivity contribution in [2.45, 2.75) is 37.7 Å². The van der Waals surface area contributed by atoms with E-state index >= 15 is 0 Å². The Hall–Kier alpha value is -1.86. The highest BCUT2D eigenvalue weighted by Crippen LogP contribution is 2.34. The Bertz CT molecular complexity index is 786. The summed E-state index contributed by atoms with van der Waals surface area (Å²) >= 11 is 1.34. The number of carboxylic acid groups (broad SMARTS) is 1. The van der Waals surface area contributed by atoms with Gasteiger partial charge >= 0.3 is 5.97 Å². The number of fused-ring (bicyclic) bond motifs is 1. The first-order valence-electron chi connectivity index (χ1n) is 8.35. The largest absolute Gasteiger partial charge is 0.478 e. The van der Waals surface area contributed by atoms with Crippen molar-refractivity contribution < 1.29 is 19.4 Å². The number of carboxylic acids is 1. The molecule has 2 aromatic heterocycles. The molecule has 7 heteroatoms. The Morgan fingerprint density at radius 3 is 3.00 bits per heavy atom. The molecule has 0 saturated carbocycles. The number of aromatic carboxylic acids is 1. The summed E-state index contributed by atoms with van der Waals surface area (Å²) in [6.07, 6.45) is 5.34. The van der Waals surface area contributed by atoms with Crippen LogP contribution in [0.5, 0.6) is 0 Å². The lowest BCUT2D eigenvalue weighted by Crippen LogP contribution is -2.38. The third-order valence-electron chi connectivity index (χ3n) is 5.10. The standard InChI is InChI=1S/C17H20N2O4S/c20-15(12-8-13-14(18-12)11(9-24-13)16(21)22)19-6-5-17(10-19)4-2-1-3-7-23-17/h8-9,18H,1-7,10H2,(H,21,22). The average molecular weight is 348 g/mol. The van der Waals surface area contributed by atoms with E-state index in [2.05, 4.69) is 4.98 Å². The summed E-state index contributed by atoms with van der Waals surface area (Å²) in [5, 5.41) is 10.8. The molecule has 2 aliphatic rings. The number of rotatable bonds is 2. The summed E-state index contributed by atoms with van der Waals surface area (Å²) in [7, 11) is 0. The highest BCUT2D eigenvalue weighted by Gasteiger charge is 2.41. The third-order valence-corrected chi connectivity index (χ3v) is 6.03. The number of likely N-dealkylation sites (tertiary alicyclic amines) is 1. The lowest BCUT2D eigenvalue weighted by atomic mass is 9.96. The zero-order valence-corrected chi connectivity index (χ0v) is 14.2. The van der Waals surface area contributed by atoms with Crippen molar-refractivity contribution in [3.8, 4) is 0 Å². The van der Waals surface area contributed by atoms with E-state index in [1.165, 1.54) is 17.8 Å². The molecular weight excluding hydrogens is 328 g/mol.